The molecule has 7 heteroatoms. The molecule has 3 aromatic rings. The van der Waals surface area contributed by atoms with Crippen LogP contribution in [0.5, 0.6) is 0 Å². The predicted octanol–water partition coefficient (Wildman–Crippen LogP) is 4.93. The molecule has 0 atom stereocenters. The van der Waals surface area contributed by atoms with Crippen LogP contribution >= 0.6 is 22.9 Å². The first-order valence-electron chi connectivity index (χ1n) is 9.20. The Balaban J connectivity index is 1.91. The molecule has 0 unspecified atom stereocenters. The highest BCUT2D eigenvalue weighted by atomic mass is 35.5. The minimum atomic E-state index is -0.349. The van der Waals surface area contributed by atoms with Gasteiger partial charge in [0.25, 0.3) is 0 Å². The van der Waals surface area contributed by atoms with Crippen molar-refractivity contribution in [3.63, 3.8) is 0 Å². The Bertz CT molecular complexity index is 964. The van der Waals surface area contributed by atoms with Gasteiger partial charge < -0.3 is 14.4 Å². The molecule has 0 saturated heterocycles. The van der Waals surface area contributed by atoms with Gasteiger partial charge in [-0.25, -0.2) is 9.78 Å². The molecular formula is C21H23ClN2O3S. The fourth-order valence-electron chi connectivity index (χ4n) is 3.07. The number of unbranched alkanes of at least 4 members (excludes halogenated alkanes) is 1. The van der Waals surface area contributed by atoms with Crippen LogP contribution in [-0.4, -0.2) is 27.7 Å². The van der Waals surface area contributed by atoms with Crippen molar-refractivity contribution in [1.82, 2.24) is 9.55 Å². The van der Waals surface area contributed by atoms with Gasteiger partial charge >= 0.3 is 5.97 Å². The van der Waals surface area contributed by atoms with Crippen molar-refractivity contribution in [1.29, 1.82) is 0 Å². The average molecular weight is 419 g/mol. The third-order valence-electron chi connectivity index (χ3n) is 4.53. The lowest BCUT2D eigenvalue weighted by molar-refractivity contribution is 0.0601. The smallest absolute Gasteiger partial charge is 0.338 e. The Morgan fingerprint density at radius 2 is 2.07 bits per heavy atom. The number of carbonyl (C=O) groups is 1. The van der Waals surface area contributed by atoms with Gasteiger partial charge in [-0.05, 0) is 24.6 Å². The fourth-order valence-corrected chi connectivity index (χ4v) is 4.36. The molecule has 0 radical (unpaired) electrons. The topological polar surface area (TPSA) is 64.4 Å². The van der Waals surface area contributed by atoms with Crippen LogP contribution in [0.15, 0.2) is 36.4 Å². The molecule has 0 amide bonds. The van der Waals surface area contributed by atoms with E-state index in [1.807, 2.05) is 34.9 Å². The average Bonchev–Trinajstić information content (AvgIpc) is 3.31. The van der Waals surface area contributed by atoms with Gasteiger partial charge in [0.1, 0.15) is 16.7 Å². The van der Waals surface area contributed by atoms with Gasteiger partial charge in [-0.1, -0.05) is 43.1 Å². The maximum Gasteiger partial charge on any atom is 0.338 e. The zero-order valence-corrected chi connectivity index (χ0v) is 17.5. The number of nitrogens with zero attached hydrogens (tertiary/aromatic N) is 2. The van der Waals surface area contributed by atoms with Gasteiger partial charge in [-0.3, -0.25) is 0 Å². The highest BCUT2D eigenvalue weighted by Gasteiger charge is 2.17. The van der Waals surface area contributed by atoms with E-state index < -0.39 is 0 Å². The summed E-state index contributed by atoms with van der Waals surface area (Å²) in [6, 6.07) is 11.5. The summed E-state index contributed by atoms with van der Waals surface area (Å²) in [5.74, 6) is 0.540. The molecule has 3 rings (SSSR count). The van der Waals surface area contributed by atoms with Crippen LogP contribution in [-0.2, 0) is 24.3 Å². The number of hydrogen-bond acceptors (Lipinski definition) is 5. The number of imidazole rings is 1. The minimum Gasteiger partial charge on any atom is -0.465 e. The highest BCUT2D eigenvalue weighted by molar-refractivity contribution is 7.15. The summed E-state index contributed by atoms with van der Waals surface area (Å²) < 4.78 is 6.86. The third-order valence-corrected chi connectivity index (χ3v) is 6.05. The molecule has 0 saturated carbocycles. The first-order valence-corrected chi connectivity index (χ1v) is 10.4. The van der Waals surface area contributed by atoms with Crippen molar-refractivity contribution in [2.75, 3.05) is 7.11 Å². The predicted molar refractivity (Wildman–Crippen MR) is 112 cm³/mol. The first-order chi connectivity index (χ1) is 13.6. The van der Waals surface area contributed by atoms with Gasteiger partial charge in [-0.2, -0.15) is 0 Å². The Labute approximate surface area is 173 Å². The number of halogens is 1. The van der Waals surface area contributed by atoms with E-state index in [1.165, 1.54) is 7.11 Å². The zero-order chi connectivity index (χ0) is 20.1. The summed E-state index contributed by atoms with van der Waals surface area (Å²) in [5, 5.41) is 9.99. The number of hydrogen-bond donors (Lipinski definition) is 1. The normalized spacial score (nSPS) is 11.0. The van der Waals surface area contributed by atoms with E-state index >= 15 is 0 Å². The van der Waals surface area contributed by atoms with Gasteiger partial charge in [0.05, 0.1) is 25.8 Å². The molecule has 1 N–H and O–H groups in total. The molecule has 0 aliphatic heterocycles. The number of ether oxygens (including phenoxy) is 1. The van der Waals surface area contributed by atoms with Crippen LogP contribution in [0.1, 0.15) is 46.5 Å². The second kappa shape index (κ2) is 9.37. The third kappa shape index (κ3) is 4.29. The molecule has 2 aromatic heterocycles. The Hall–Kier alpha value is -2.15. The van der Waals surface area contributed by atoms with Crippen molar-refractivity contribution in [2.24, 2.45) is 0 Å². The molecule has 5 nitrogen and oxygen atoms in total. The van der Waals surface area contributed by atoms with Crippen molar-refractivity contribution in [2.45, 2.75) is 39.3 Å². The summed E-state index contributed by atoms with van der Waals surface area (Å²) in [6.45, 7) is 2.54. The Morgan fingerprint density at radius 3 is 2.79 bits per heavy atom. The SMILES string of the molecule is CCCCc1nc(CO)c(Cl)n1Cc1ccc(-c2ccccc2C(=O)OC)s1. The number of thiophene rings is 1. The second-order valence-electron chi connectivity index (χ2n) is 6.42. The molecule has 0 fully saturated rings. The van der Waals surface area contributed by atoms with Crippen LogP contribution in [0.3, 0.4) is 0 Å². The Kier molecular flexibility index (Phi) is 6.88. The Morgan fingerprint density at radius 1 is 1.29 bits per heavy atom. The number of carbonyl (C=O) groups excluding carboxylic acids is 1. The number of esters is 1. The fraction of sp³-hybridized carbons (Fsp3) is 0.333. The summed E-state index contributed by atoms with van der Waals surface area (Å²) in [6.07, 6.45) is 2.90. The van der Waals surface area contributed by atoms with Crippen LogP contribution in [0.2, 0.25) is 5.15 Å². The van der Waals surface area contributed by atoms with Gasteiger partial charge in [0.2, 0.25) is 0 Å². The quantitative estimate of drug-likeness (QED) is 0.526. The van der Waals surface area contributed by atoms with Gasteiger partial charge in [0, 0.05) is 21.7 Å². The molecule has 0 bridgehead atoms. The highest BCUT2D eigenvalue weighted by Crippen LogP contribution is 2.32. The van der Waals surface area contributed by atoms with E-state index in [-0.39, 0.29) is 12.6 Å². The van der Waals surface area contributed by atoms with Crippen molar-refractivity contribution < 1.29 is 14.6 Å². The van der Waals surface area contributed by atoms with Gasteiger partial charge in [0.15, 0.2) is 0 Å². The van der Waals surface area contributed by atoms with Crippen LogP contribution in [0.4, 0.5) is 0 Å². The number of aliphatic hydroxyl groups excluding tert-OH is 1. The zero-order valence-electron chi connectivity index (χ0n) is 15.9. The maximum absolute atomic E-state index is 12.1. The van der Waals surface area contributed by atoms with Crippen molar-refractivity contribution in [3.05, 3.63) is 63.5 Å². The molecule has 28 heavy (non-hydrogen) atoms. The van der Waals surface area contributed by atoms with E-state index in [4.69, 9.17) is 16.3 Å². The van der Waals surface area contributed by atoms with Crippen molar-refractivity contribution in [3.8, 4) is 10.4 Å². The first kappa shape index (κ1) is 20.6. The van der Waals surface area contributed by atoms with E-state index in [9.17, 15) is 9.90 Å². The molecule has 148 valence electrons. The number of aryl methyl sites for hydroxylation is 1. The molecule has 1 aromatic carbocycles. The number of rotatable bonds is 8. The molecular weight excluding hydrogens is 396 g/mol. The van der Waals surface area contributed by atoms with Crippen LogP contribution < -0.4 is 0 Å². The lowest BCUT2D eigenvalue weighted by atomic mass is 10.1. The molecule has 0 spiro atoms. The summed E-state index contributed by atoms with van der Waals surface area (Å²) in [4.78, 5) is 18.6. The van der Waals surface area contributed by atoms with Crippen molar-refractivity contribution >= 4 is 28.9 Å². The number of aliphatic hydroxyl groups is 1. The van der Waals surface area contributed by atoms with Gasteiger partial charge in [-0.15, -0.1) is 11.3 Å². The minimum absolute atomic E-state index is 0.173. The van der Waals surface area contributed by atoms with Crippen LogP contribution in [0, 0.1) is 0 Å². The molecule has 0 aliphatic rings. The standard InChI is InChI=1S/C21H23ClN2O3S/c1-3-4-9-19-23-17(13-25)20(22)24(19)12-14-10-11-18(28-14)15-7-5-6-8-16(15)21(26)27-2/h5-8,10-11,25H,3-4,9,12-13H2,1-2H3. The number of benzene rings is 1. The monoisotopic (exact) mass is 418 g/mol. The second-order valence-corrected chi connectivity index (χ2v) is 7.94. The largest absolute Gasteiger partial charge is 0.465 e. The summed E-state index contributed by atoms with van der Waals surface area (Å²) >= 11 is 8.06. The number of aromatic nitrogens is 2. The summed E-state index contributed by atoms with van der Waals surface area (Å²) in [7, 11) is 1.39. The lowest BCUT2D eigenvalue weighted by Gasteiger charge is -2.08. The van der Waals surface area contributed by atoms with E-state index in [0.29, 0.717) is 23.0 Å². The molecule has 2 heterocycles. The number of methoxy groups -OCH3 is 1. The van der Waals surface area contributed by atoms with E-state index in [1.54, 1.807) is 17.4 Å². The van der Waals surface area contributed by atoms with E-state index in [0.717, 1.165) is 40.4 Å². The summed E-state index contributed by atoms with van der Waals surface area (Å²) in [5.41, 5.74) is 1.91. The van der Waals surface area contributed by atoms with Crippen LogP contribution in [0.25, 0.3) is 10.4 Å². The maximum atomic E-state index is 12.1. The van der Waals surface area contributed by atoms with E-state index in [2.05, 4.69) is 11.9 Å². The molecule has 0 aliphatic carbocycles. The lowest BCUT2D eigenvalue weighted by Crippen LogP contribution is -2.04.